The number of alkyl halides is 1. The number of alkyl carbamates (subject to hydrolysis) is 1. The Hall–Kier alpha value is -1.54. The molecule has 3 fully saturated rings. The molecule has 1 heterocycles. The number of hydrogen-bond donors (Lipinski definition) is 3. The molecule has 0 bridgehead atoms. The first-order valence-corrected chi connectivity index (χ1v) is 15.2. The van der Waals surface area contributed by atoms with E-state index in [4.69, 9.17) is 16.3 Å². The van der Waals surface area contributed by atoms with Gasteiger partial charge >= 0.3 is 6.09 Å². The molecule has 8 nitrogen and oxygen atoms in total. The molecule has 3 amide bonds. The third-order valence-electron chi connectivity index (χ3n) is 8.90. The predicted octanol–water partition coefficient (Wildman–Crippen LogP) is 4.44. The van der Waals surface area contributed by atoms with Crippen molar-refractivity contribution in [2.24, 2.45) is 23.7 Å². The Kier molecular flexibility index (Phi) is 10.8. The van der Waals surface area contributed by atoms with Gasteiger partial charge in [-0.25, -0.2) is 4.79 Å². The van der Waals surface area contributed by atoms with Crippen molar-refractivity contribution in [3.05, 3.63) is 0 Å². The van der Waals surface area contributed by atoms with E-state index in [0.29, 0.717) is 19.0 Å². The lowest BCUT2D eigenvalue weighted by molar-refractivity contribution is -0.132. The van der Waals surface area contributed by atoms with Crippen LogP contribution in [0, 0.1) is 23.7 Å². The molecule has 2 saturated carbocycles. The van der Waals surface area contributed by atoms with E-state index < -0.39 is 5.60 Å². The molecule has 218 valence electrons. The zero-order valence-electron chi connectivity index (χ0n) is 24.5. The molecule has 2 aliphatic carbocycles. The molecule has 7 unspecified atom stereocenters. The SMILES string of the molecule is CCN(C1CCC(NC(=O)OC(C)(C)C)CC1)C1CC(Cl)CC(C(=O)NCC2C(=O)NC(C)CC2C)C1C. The summed E-state index contributed by atoms with van der Waals surface area (Å²) in [6, 6.07) is 0.947. The summed E-state index contributed by atoms with van der Waals surface area (Å²) in [7, 11) is 0. The van der Waals surface area contributed by atoms with Gasteiger partial charge in [0.2, 0.25) is 11.8 Å². The van der Waals surface area contributed by atoms with Crippen LogP contribution in [-0.2, 0) is 14.3 Å². The summed E-state index contributed by atoms with van der Waals surface area (Å²) < 4.78 is 5.43. The van der Waals surface area contributed by atoms with Crippen LogP contribution in [0.1, 0.15) is 93.4 Å². The fourth-order valence-electron chi connectivity index (χ4n) is 6.93. The van der Waals surface area contributed by atoms with Crippen molar-refractivity contribution in [3.8, 4) is 0 Å². The normalized spacial score (nSPS) is 36.3. The number of piperidine rings is 1. The van der Waals surface area contributed by atoms with Crippen molar-refractivity contribution < 1.29 is 19.1 Å². The number of hydrogen-bond acceptors (Lipinski definition) is 5. The first-order valence-electron chi connectivity index (χ1n) is 14.8. The van der Waals surface area contributed by atoms with E-state index in [-0.39, 0.29) is 65.1 Å². The number of ether oxygens (including phenoxy) is 1. The van der Waals surface area contributed by atoms with Crippen LogP contribution in [0.4, 0.5) is 4.79 Å². The van der Waals surface area contributed by atoms with Crippen molar-refractivity contribution in [1.82, 2.24) is 20.9 Å². The highest BCUT2D eigenvalue weighted by molar-refractivity contribution is 6.20. The van der Waals surface area contributed by atoms with Crippen LogP contribution < -0.4 is 16.0 Å². The van der Waals surface area contributed by atoms with Gasteiger partial charge in [-0.2, -0.15) is 0 Å². The fraction of sp³-hybridized carbons (Fsp3) is 0.897. The minimum atomic E-state index is -0.502. The maximum atomic E-state index is 13.4. The molecule has 3 N–H and O–H groups in total. The summed E-state index contributed by atoms with van der Waals surface area (Å²) in [6.07, 6.45) is 5.94. The van der Waals surface area contributed by atoms with Crippen LogP contribution in [0.25, 0.3) is 0 Å². The third-order valence-corrected chi connectivity index (χ3v) is 9.25. The van der Waals surface area contributed by atoms with Crippen LogP contribution in [0.3, 0.4) is 0 Å². The largest absolute Gasteiger partial charge is 0.444 e. The second kappa shape index (κ2) is 13.2. The molecule has 1 aliphatic heterocycles. The lowest BCUT2D eigenvalue weighted by Crippen LogP contribution is -2.56. The van der Waals surface area contributed by atoms with E-state index in [0.717, 1.165) is 45.1 Å². The standard InChI is InChI=1S/C29H51ClN4O4/c1-8-34(22-11-9-21(10-12-22)33-28(37)38-29(5,6)7)25-15-20(30)14-23(19(25)4)26(35)31-16-24-17(2)13-18(3)32-27(24)36/h17-25H,8-16H2,1-7H3,(H,31,35)(H,32,36)(H,33,37). The van der Waals surface area contributed by atoms with Crippen molar-refractivity contribution in [2.45, 2.75) is 129 Å². The Bertz CT molecular complexity index is 826. The van der Waals surface area contributed by atoms with Crippen LogP contribution in [-0.4, -0.2) is 71.0 Å². The predicted molar refractivity (Wildman–Crippen MR) is 151 cm³/mol. The Morgan fingerprint density at radius 1 is 1.08 bits per heavy atom. The minimum absolute atomic E-state index is 0.0211. The first kappa shape index (κ1) is 31.0. The van der Waals surface area contributed by atoms with Gasteiger partial charge in [0, 0.05) is 42.0 Å². The zero-order valence-corrected chi connectivity index (χ0v) is 25.3. The Labute approximate surface area is 234 Å². The average molecular weight is 555 g/mol. The number of halogens is 1. The van der Waals surface area contributed by atoms with Crippen LogP contribution in [0.15, 0.2) is 0 Å². The highest BCUT2D eigenvalue weighted by atomic mass is 35.5. The van der Waals surface area contributed by atoms with Gasteiger partial charge in [-0.15, -0.1) is 11.6 Å². The van der Waals surface area contributed by atoms with Crippen LogP contribution >= 0.6 is 11.6 Å². The van der Waals surface area contributed by atoms with E-state index in [1.165, 1.54) is 0 Å². The van der Waals surface area contributed by atoms with E-state index in [2.05, 4.69) is 41.6 Å². The number of amides is 3. The van der Waals surface area contributed by atoms with Gasteiger partial charge in [0.05, 0.1) is 5.92 Å². The van der Waals surface area contributed by atoms with Gasteiger partial charge in [0.15, 0.2) is 0 Å². The average Bonchev–Trinajstić information content (AvgIpc) is 2.80. The van der Waals surface area contributed by atoms with Gasteiger partial charge in [0.25, 0.3) is 0 Å². The molecule has 0 aromatic heterocycles. The molecule has 0 radical (unpaired) electrons. The molecule has 3 aliphatic rings. The van der Waals surface area contributed by atoms with E-state index in [1.54, 1.807) is 0 Å². The zero-order chi connectivity index (χ0) is 28.2. The van der Waals surface area contributed by atoms with Crippen molar-refractivity contribution in [1.29, 1.82) is 0 Å². The summed E-state index contributed by atoms with van der Waals surface area (Å²) in [4.78, 5) is 40.6. The maximum absolute atomic E-state index is 13.4. The van der Waals surface area contributed by atoms with Crippen molar-refractivity contribution in [3.63, 3.8) is 0 Å². The van der Waals surface area contributed by atoms with Gasteiger partial charge in [-0.1, -0.05) is 20.8 Å². The van der Waals surface area contributed by atoms with Crippen molar-refractivity contribution >= 4 is 29.5 Å². The number of rotatable bonds is 7. The number of nitrogens with one attached hydrogen (secondary N) is 3. The van der Waals surface area contributed by atoms with Crippen LogP contribution in [0.5, 0.6) is 0 Å². The Morgan fingerprint density at radius 3 is 2.32 bits per heavy atom. The monoisotopic (exact) mass is 554 g/mol. The van der Waals surface area contributed by atoms with Gasteiger partial charge in [-0.3, -0.25) is 14.5 Å². The quantitative estimate of drug-likeness (QED) is 0.404. The van der Waals surface area contributed by atoms with E-state index in [1.807, 2.05) is 27.7 Å². The lowest BCUT2D eigenvalue weighted by Gasteiger charge is -2.48. The second-order valence-corrected chi connectivity index (χ2v) is 13.7. The molecular formula is C29H51ClN4O4. The summed E-state index contributed by atoms with van der Waals surface area (Å²) in [5.74, 6) is 0.111. The van der Waals surface area contributed by atoms with E-state index in [9.17, 15) is 14.4 Å². The lowest BCUT2D eigenvalue weighted by atomic mass is 9.74. The van der Waals surface area contributed by atoms with Gasteiger partial charge in [0.1, 0.15) is 5.60 Å². The molecule has 38 heavy (non-hydrogen) atoms. The molecule has 3 rings (SSSR count). The Morgan fingerprint density at radius 2 is 1.74 bits per heavy atom. The highest BCUT2D eigenvalue weighted by Gasteiger charge is 2.43. The number of nitrogens with zero attached hydrogens (tertiary/aromatic N) is 1. The molecule has 0 aromatic rings. The first-order chi connectivity index (χ1) is 17.8. The number of carbonyl (C=O) groups excluding carboxylic acids is 3. The molecule has 7 atom stereocenters. The van der Waals surface area contributed by atoms with E-state index >= 15 is 0 Å². The molecule has 1 saturated heterocycles. The van der Waals surface area contributed by atoms with Gasteiger partial charge in [-0.05, 0) is 91.0 Å². The maximum Gasteiger partial charge on any atom is 0.407 e. The number of carbonyl (C=O) groups is 3. The Balaban J connectivity index is 1.56. The summed E-state index contributed by atoms with van der Waals surface area (Å²) >= 11 is 6.77. The second-order valence-electron chi connectivity index (χ2n) is 13.1. The topological polar surface area (TPSA) is 99.8 Å². The molecular weight excluding hydrogens is 504 g/mol. The smallest absolute Gasteiger partial charge is 0.407 e. The molecule has 0 spiro atoms. The summed E-state index contributed by atoms with van der Waals surface area (Å²) in [5, 5.41) is 9.12. The summed E-state index contributed by atoms with van der Waals surface area (Å²) in [5.41, 5.74) is -0.502. The molecule has 9 heteroatoms. The van der Waals surface area contributed by atoms with Gasteiger partial charge < -0.3 is 20.7 Å². The highest BCUT2D eigenvalue weighted by Crippen LogP contribution is 2.39. The third kappa shape index (κ3) is 8.23. The minimum Gasteiger partial charge on any atom is -0.444 e. The molecule has 0 aromatic carbocycles. The summed E-state index contributed by atoms with van der Waals surface area (Å²) in [6.45, 7) is 15.4. The van der Waals surface area contributed by atoms with Crippen LogP contribution in [0.2, 0.25) is 0 Å². The fourth-order valence-corrected chi connectivity index (χ4v) is 7.30. The van der Waals surface area contributed by atoms with Crippen molar-refractivity contribution in [2.75, 3.05) is 13.1 Å².